The van der Waals surface area contributed by atoms with Crippen LogP contribution < -0.4 is 14.8 Å². The molecule has 1 aliphatic rings. The number of ether oxygens (including phenoxy) is 3. The highest BCUT2D eigenvalue weighted by atomic mass is 16.5. The fraction of sp³-hybridized carbons (Fsp3) is 0.259. The summed E-state index contributed by atoms with van der Waals surface area (Å²) in [4.78, 5) is 24.3. The number of nitrogens with one attached hydrogen (secondary N) is 1. The Morgan fingerprint density at radius 1 is 0.970 bits per heavy atom. The molecule has 0 aromatic heterocycles. The normalized spacial score (nSPS) is 13.5. The van der Waals surface area contributed by atoms with Gasteiger partial charge in [0.1, 0.15) is 12.2 Å². The van der Waals surface area contributed by atoms with E-state index in [4.69, 9.17) is 14.2 Å². The molecule has 0 radical (unpaired) electrons. The fourth-order valence-electron chi connectivity index (χ4n) is 3.72. The van der Waals surface area contributed by atoms with Crippen LogP contribution >= 0.6 is 0 Å². The predicted octanol–water partition coefficient (Wildman–Crippen LogP) is 5.41. The third-order valence-corrected chi connectivity index (χ3v) is 5.32. The van der Waals surface area contributed by atoms with Crippen molar-refractivity contribution in [1.82, 2.24) is 0 Å². The highest BCUT2D eigenvalue weighted by Gasteiger charge is 2.32. The number of amides is 1. The van der Waals surface area contributed by atoms with Gasteiger partial charge in [-0.1, -0.05) is 24.3 Å². The first-order chi connectivity index (χ1) is 15.8. The Labute approximate surface area is 193 Å². The van der Waals surface area contributed by atoms with Crippen molar-refractivity contribution in [2.24, 2.45) is 0 Å². The third kappa shape index (κ3) is 5.34. The van der Waals surface area contributed by atoms with Gasteiger partial charge in [0.25, 0.3) is 5.91 Å². The molecule has 0 saturated carbocycles. The first-order valence-corrected chi connectivity index (χ1v) is 11.0. The summed E-state index contributed by atoms with van der Waals surface area (Å²) in [5.41, 5.74) is 3.44. The van der Waals surface area contributed by atoms with Crippen molar-refractivity contribution in [3.05, 3.63) is 89.0 Å². The Morgan fingerprint density at radius 3 is 2.36 bits per heavy atom. The van der Waals surface area contributed by atoms with Crippen LogP contribution in [0.3, 0.4) is 0 Å². The molecule has 0 saturated heterocycles. The number of hydrogen-bond donors (Lipinski definition) is 1. The summed E-state index contributed by atoms with van der Waals surface area (Å²) in [6.07, 6.45) is 0.856. The summed E-state index contributed by atoms with van der Waals surface area (Å²) in [6.45, 7) is 6.58. The number of fused-ring (bicyclic) bond motifs is 1. The summed E-state index contributed by atoms with van der Waals surface area (Å²) in [5.74, 6) is 0.922. The molecule has 4 rings (SSSR count). The van der Waals surface area contributed by atoms with Crippen LogP contribution in [0, 0.1) is 0 Å². The summed E-state index contributed by atoms with van der Waals surface area (Å²) in [5, 5.41) is 2.83. The molecule has 1 aliphatic heterocycles. The molecular formula is C27H27NO5. The number of carbonyl (C=O) groups is 2. The minimum absolute atomic E-state index is 0.226. The second-order valence-corrected chi connectivity index (χ2v) is 8.52. The van der Waals surface area contributed by atoms with Gasteiger partial charge in [0.2, 0.25) is 0 Å². The Bertz CT molecular complexity index is 1150. The maximum absolute atomic E-state index is 12.6. The highest BCUT2D eigenvalue weighted by Crippen LogP contribution is 2.41. The van der Waals surface area contributed by atoms with Gasteiger partial charge in [-0.2, -0.15) is 0 Å². The molecule has 0 atom stereocenters. The average molecular weight is 446 g/mol. The van der Waals surface area contributed by atoms with Crippen LogP contribution in [0.1, 0.15) is 52.6 Å². The lowest BCUT2D eigenvalue weighted by Crippen LogP contribution is -2.24. The molecule has 170 valence electrons. The van der Waals surface area contributed by atoms with Gasteiger partial charge < -0.3 is 19.5 Å². The van der Waals surface area contributed by atoms with Crippen molar-refractivity contribution in [2.45, 2.75) is 39.4 Å². The Morgan fingerprint density at radius 2 is 1.67 bits per heavy atom. The Balaban J connectivity index is 1.35. The predicted molar refractivity (Wildman–Crippen MR) is 126 cm³/mol. The minimum Gasteiger partial charge on any atom is -0.485 e. The Hall–Kier alpha value is -3.80. The van der Waals surface area contributed by atoms with E-state index in [0.717, 1.165) is 29.0 Å². The van der Waals surface area contributed by atoms with E-state index in [-0.39, 0.29) is 17.5 Å². The van der Waals surface area contributed by atoms with Crippen molar-refractivity contribution in [2.75, 3.05) is 11.9 Å². The number of hydrogen-bond acceptors (Lipinski definition) is 5. The zero-order valence-electron chi connectivity index (χ0n) is 19.0. The van der Waals surface area contributed by atoms with Crippen molar-refractivity contribution >= 4 is 17.6 Å². The summed E-state index contributed by atoms with van der Waals surface area (Å²) in [6, 6.07) is 19.8. The zero-order chi connectivity index (χ0) is 23.4. The summed E-state index contributed by atoms with van der Waals surface area (Å²) >= 11 is 0. The lowest BCUT2D eigenvalue weighted by atomic mass is 10.0. The van der Waals surface area contributed by atoms with Crippen molar-refractivity contribution in [3.8, 4) is 11.5 Å². The molecule has 0 unspecified atom stereocenters. The molecule has 0 spiro atoms. The number of rotatable bonds is 7. The molecule has 3 aromatic carbocycles. The maximum atomic E-state index is 12.6. The van der Waals surface area contributed by atoms with E-state index in [1.807, 2.05) is 24.3 Å². The van der Waals surface area contributed by atoms with Crippen LogP contribution in [0.15, 0.2) is 66.7 Å². The van der Waals surface area contributed by atoms with Crippen LogP contribution in [0.2, 0.25) is 0 Å². The monoisotopic (exact) mass is 445 g/mol. The van der Waals surface area contributed by atoms with E-state index >= 15 is 0 Å². The highest BCUT2D eigenvalue weighted by molar-refractivity contribution is 6.04. The van der Waals surface area contributed by atoms with E-state index in [1.54, 1.807) is 43.3 Å². The van der Waals surface area contributed by atoms with Gasteiger partial charge in [0.05, 0.1) is 12.2 Å². The molecule has 3 aromatic rings. The molecule has 1 amide bonds. The third-order valence-electron chi connectivity index (χ3n) is 5.32. The number of anilines is 1. The second kappa shape index (κ2) is 9.36. The van der Waals surface area contributed by atoms with E-state index in [2.05, 4.69) is 25.2 Å². The van der Waals surface area contributed by atoms with Gasteiger partial charge in [-0.05, 0) is 68.8 Å². The number of para-hydroxylation sites is 1. The Kier molecular flexibility index (Phi) is 6.36. The summed E-state index contributed by atoms with van der Waals surface area (Å²) < 4.78 is 17.0. The minimum atomic E-state index is -0.385. The molecule has 1 N–H and O–H groups in total. The second-order valence-electron chi connectivity index (χ2n) is 8.52. The van der Waals surface area contributed by atoms with Gasteiger partial charge in [0, 0.05) is 23.2 Å². The quantitative estimate of drug-likeness (QED) is 0.493. The topological polar surface area (TPSA) is 73.9 Å². The van der Waals surface area contributed by atoms with Crippen molar-refractivity contribution < 1.29 is 23.8 Å². The molecule has 0 aliphatic carbocycles. The van der Waals surface area contributed by atoms with E-state index in [1.165, 1.54) is 0 Å². The largest absolute Gasteiger partial charge is 0.485 e. The molecule has 6 nitrogen and oxygen atoms in total. The molecular weight excluding hydrogens is 418 g/mol. The molecule has 0 fully saturated rings. The SMILES string of the molecule is CCOC(=O)c1ccc(NC(=O)c2ccc(COc3cccc4c3OC(C)(C)C4)cc2)cc1. The zero-order valence-corrected chi connectivity index (χ0v) is 19.0. The number of carbonyl (C=O) groups excluding carboxylic acids is 2. The first-order valence-electron chi connectivity index (χ1n) is 11.0. The van der Waals surface area contributed by atoms with Gasteiger partial charge in [-0.25, -0.2) is 4.79 Å². The van der Waals surface area contributed by atoms with E-state index in [0.29, 0.717) is 30.0 Å². The fourth-order valence-corrected chi connectivity index (χ4v) is 3.72. The standard InChI is InChI=1S/C27H27NO5/c1-4-31-26(30)20-12-14-22(15-13-20)28-25(29)19-10-8-18(9-11-19)17-32-23-7-5-6-21-16-27(2,3)33-24(21)23/h5-15H,4,16-17H2,1-3H3,(H,28,29). The number of esters is 1. The van der Waals surface area contributed by atoms with Gasteiger partial charge >= 0.3 is 5.97 Å². The first kappa shape index (κ1) is 22.4. The average Bonchev–Trinajstić information content (AvgIpc) is 3.13. The van der Waals surface area contributed by atoms with E-state index in [9.17, 15) is 9.59 Å². The smallest absolute Gasteiger partial charge is 0.338 e. The van der Waals surface area contributed by atoms with Gasteiger partial charge in [-0.3, -0.25) is 4.79 Å². The lowest BCUT2D eigenvalue weighted by molar-refractivity contribution is 0.0526. The molecule has 6 heteroatoms. The van der Waals surface area contributed by atoms with Crippen LogP contribution in [-0.4, -0.2) is 24.1 Å². The van der Waals surface area contributed by atoms with Crippen LogP contribution in [-0.2, 0) is 17.8 Å². The lowest BCUT2D eigenvalue weighted by Gasteiger charge is -2.18. The molecule has 33 heavy (non-hydrogen) atoms. The van der Waals surface area contributed by atoms with Crippen molar-refractivity contribution in [3.63, 3.8) is 0 Å². The van der Waals surface area contributed by atoms with Crippen molar-refractivity contribution in [1.29, 1.82) is 0 Å². The summed E-state index contributed by atoms with van der Waals surface area (Å²) in [7, 11) is 0. The number of benzene rings is 3. The molecule has 1 heterocycles. The van der Waals surface area contributed by atoms with Gasteiger partial charge in [0.15, 0.2) is 11.5 Å². The molecule has 0 bridgehead atoms. The maximum Gasteiger partial charge on any atom is 0.338 e. The van der Waals surface area contributed by atoms with Crippen LogP contribution in [0.25, 0.3) is 0 Å². The van der Waals surface area contributed by atoms with Crippen LogP contribution in [0.4, 0.5) is 5.69 Å². The van der Waals surface area contributed by atoms with Gasteiger partial charge in [-0.15, -0.1) is 0 Å². The van der Waals surface area contributed by atoms with Crippen LogP contribution in [0.5, 0.6) is 11.5 Å². The van der Waals surface area contributed by atoms with E-state index < -0.39 is 0 Å².